The Hall–Kier alpha value is -1.14. The van der Waals surface area contributed by atoms with Gasteiger partial charge >= 0.3 is 0 Å². The molecule has 1 aromatic rings. The van der Waals surface area contributed by atoms with Crippen LogP contribution in [-0.2, 0) is 11.3 Å². The molecular weight excluding hydrogens is 244 g/mol. The minimum atomic E-state index is -0.222. The van der Waals surface area contributed by atoms with Crippen LogP contribution in [0.15, 0.2) is 4.52 Å². The summed E-state index contributed by atoms with van der Waals surface area (Å²) in [6, 6.07) is 0. The van der Waals surface area contributed by atoms with Crippen molar-refractivity contribution < 1.29 is 9.32 Å². The lowest BCUT2D eigenvalue weighted by atomic mass is 10.1. The molecule has 17 heavy (non-hydrogen) atoms. The van der Waals surface area contributed by atoms with Gasteiger partial charge in [0.2, 0.25) is 11.8 Å². The van der Waals surface area contributed by atoms with Gasteiger partial charge in [0, 0.05) is 5.92 Å². The van der Waals surface area contributed by atoms with E-state index < -0.39 is 0 Å². The molecule has 6 nitrogen and oxygen atoms in total. The predicted octanol–water partition coefficient (Wildman–Crippen LogP) is 0.724. The summed E-state index contributed by atoms with van der Waals surface area (Å²) >= 11 is 0. The third kappa shape index (κ3) is 3.67. The van der Waals surface area contributed by atoms with E-state index in [-0.39, 0.29) is 31.4 Å². The fourth-order valence-corrected chi connectivity index (χ4v) is 1.94. The van der Waals surface area contributed by atoms with Gasteiger partial charge in [-0.2, -0.15) is 4.98 Å². The van der Waals surface area contributed by atoms with Crippen molar-refractivity contribution in [2.24, 2.45) is 5.73 Å². The first kappa shape index (κ1) is 13.9. The molecule has 0 saturated heterocycles. The zero-order chi connectivity index (χ0) is 11.4. The third-order valence-corrected chi connectivity index (χ3v) is 2.83. The summed E-state index contributed by atoms with van der Waals surface area (Å²) in [4.78, 5) is 15.2. The van der Waals surface area contributed by atoms with Gasteiger partial charge in [0.25, 0.3) is 0 Å². The van der Waals surface area contributed by atoms with Gasteiger partial charge in [-0.15, -0.1) is 12.4 Å². The smallest absolute Gasteiger partial charge is 0.246 e. The van der Waals surface area contributed by atoms with Gasteiger partial charge in [-0.1, -0.05) is 18.0 Å². The van der Waals surface area contributed by atoms with Gasteiger partial charge in [0.1, 0.15) is 0 Å². The highest BCUT2D eigenvalue weighted by Crippen LogP contribution is 2.32. The lowest BCUT2D eigenvalue weighted by molar-refractivity contribution is -0.120. The lowest BCUT2D eigenvalue weighted by Gasteiger charge is -2.00. The second-order valence-electron chi connectivity index (χ2n) is 4.01. The van der Waals surface area contributed by atoms with Crippen LogP contribution in [0.1, 0.15) is 43.3 Å². The van der Waals surface area contributed by atoms with Crippen LogP contribution in [-0.4, -0.2) is 22.6 Å². The number of nitrogens with two attached hydrogens (primary N) is 1. The number of rotatable bonds is 4. The maximum absolute atomic E-state index is 10.9. The minimum absolute atomic E-state index is 0. The Kier molecular flexibility index (Phi) is 5.37. The molecule has 0 aromatic carbocycles. The Morgan fingerprint density at radius 1 is 1.47 bits per heavy atom. The number of carbonyl (C=O) groups is 1. The summed E-state index contributed by atoms with van der Waals surface area (Å²) in [6.07, 6.45) is 4.74. The molecule has 1 aliphatic rings. The maximum atomic E-state index is 10.9. The molecule has 1 fully saturated rings. The molecule has 0 bridgehead atoms. The highest BCUT2D eigenvalue weighted by Gasteiger charge is 2.22. The number of hydrogen-bond acceptors (Lipinski definition) is 5. The number of amides is 1. The Labute approximate surface area is 106 Å². The van der Waals surface area contributed by atoms with Gasteiger partial charge in [-0.25, -0.2) is 0 Å². The van der Waals surface area contributed by atoms with Gasteiger partial charge in [-0.05, 0) is 12.8 Å². The highest BCUT2D eigenvalue weighted by atomic mass is 35.5. The summed E-state index contributed by atoms with van der Waals surface area (Å²) in [5, 5.41) is 6.53. The normalized spacial score (nSPS) is 15.6. The monoisotopic (exact) mass is 260 g/mol. The van der Waals surface area contributed by atoms with Gasteiger partial charge in [0.05, 0.1) is 13.1 Å². The molecule has 7 heteroatoms. The molecule has 3 N–H and O–H groups in total. The van der Waals surface area contributed by atoms with E-state index in [1.54, 1.807) is 0 Å². The van der Waals surface area contributed by atoms with E-state index in [9.17, 15) is 4.79 Å². The van der Waals surface area contributed by atoms with Crippen molar-refractivity contribution in [1.29, 1.82) is 0 Å². The van der Waals surface area contributed by atoms with E-state index in [0.29, 0.717) is 11.8 Å². The number of halogens is 1. The first-order valence-electron chi connectivity index (χ1n) is 5.59. The molecular formula is C10H17ClN4O2. The molecule has 1 aromatic heterocycles. The standard InChI is InChI=1S/C10H16N4O2.ClH/c11-5-8(15)12-6-9-13-10(14-16-9)7-3-1-2-4-7;/h7H,1-6,11H2,(H,12,15);1H. The van der Waals surface area contributed by atoms with Crippen molar-refractivity contribution in [3.63, 3.8) is 0 Å². The quantitative estimate of drug-likeness (QED) is 0.832. The fraction of sp³-hybridized carbons (Fsp3) is 0.700. The highest BCUT2D eigenvalue weighted by molar-refractivity contribution is 5.85. The van der Waals surface area contributed by atoms with Crippen LogP contribution in [0.5, 0.6) is 0 Å². The Morgan fingerprint density at radius 2 is 2.18 bits per heavy atom. The molecule has 0 aliphatic heterocycles. The lowest BCUT2D eigenvalue weighted by Crippen LogP contribution is -2.29. The summed E-state index contributed by atoms with van der Waals surface area (Å²) in [7, 11) is 0. The Bertz CT molecular complexity index is 363. The minimum Gasteiger partial charge on any atom is -0.346 e. The predicted molar refractivity (Wildman–Crippen MR) is 63.7 cm³/mol. The van der Waals surface area contributed by atoms with E-state index in [0.717, 1.165) is 18.7 Å². The Balaban J connectivity index is 0.00000144. The molecule has 0 spiro atoms. The molecule has 96 valence electrons. The number of hydrogen-bond donors (Lipinski definition) is 2. The van der Waals surface area contributed by atoms with E-state index in [1.807, 2.05) is 0 Å². The fourth-order valence-electron chi connectivity index (χ4n) is 1.94. The van der Waals surface area contributed by atoms with Crippen molar-refractivity contribution in [3.8, 4) is 0 Å². The van der Waals surface area contributed by atoms with Gasteiger partial charge in [-0.3, -0.25) is 4.79 Å². The average Bonchev–Trinajstić information content (AvgIpc) is 2.95. The van der Waals surface area contributed by atoms with E-state index in [1.165, 1.54) is 12.8 Å². The SMILES string of the molecule is Cl.NCC(=O)NCc1nc(C2CCCC2)no1. The molecule has 0 unspecified atom stereocenters. The zero-order valence-corrected chi connectivity index (χ0v) is 10.3. The number of nitrogens with zero attached hydrogens (tertiary/aromatic N) is 2. The van der Waals surface area contributed by atoms with Crippen molar-refractivity contribution in [2.75, 3.05) is 6.54 Å². The third-order valence-electron chi connectivity index (χ3n) is 2.83. The molecule has 2 rings (SSSR count). The first-order valence-corrected chi connectivity index (χ1v) is 5.59. The largest absolute Gasteiger partial charge is 0.346 e. The van der Waals surface area contributed by atoms with Crippen LogP contribution in [0.4, 0.5) is 0 Å². The maximum Gasteiger partial charge on any atom is 0.246 e. The summed E-state index contributed by atoms with van der Waals surface area (Å²) < 4.78 is 5.06. The number of aromatic nitrogens is 2. The molecule has 0 radical (unpaired) electrons. The van der Waals surface area contributed by atoms with Crippen LogP contribution in [0.2, 0.25) is 0 Å². The van der Waals surface area contributed by atoms with Crippen LogP contribution in [0.25, 0.3) is 0 Å². The number of nitrogens with one attached hydrogen (secondary N) is 1. The van der Waals surface area contributed by atoms with E-state index in [2.05, 4.69) is 15.5 Å². The molecule has 1 heterocycles. The van der Waals surface area contributed by atoms with Gasteiger partial charge < -0.3 is 15.6 Å². The topological polar surface area (TPSA) is 94.0 Å². The Morgan fingerprint density at radius 3 is 2.82 bits per heavy atom. The second kappa shape index (κ2) is 6.56. The van der Waals surface area contributed by atoms with Crippen LogP contribution >= 0.6 is 12.4 Å². The summed E-state index contributed by atoms with van der Waals surface area (Å²) in [6.45, 7) is 0.235. The second-order valence-corrected chi connectivity index (χ2v) is 4.01. The van der Waals surface area contributed by atoms with E-state index in [4.69, 9.17) is 10.3 Å². The van der Waals surface area contributed by atoms with Crippen molar-refractivity contribution >= 4 is 18.3 Å². The van der Waals surface area contributed by atoms with Crippen LogP contribution in [0.3, 0.4) is 0 Å². The molecule has 1 aliphatic carbocycles. The molecule has 1 saturated carbocycles. The van der Waals surface area contributed by atoms with Crippen molar-refractivity contribution in [2.45, 2.75) is 38.1 Å². The van der Waals surface area contributed by atoms with Crippen LogP contribution < -0.4 is 11.1 Å². The average molecular weight is 261 g/mol. The molecule has 0 atom stereocenters. The first-order chi connectivity index (χ1) is 7.79. The molecule has 1 amide bonds. The number of carbonyl (C=O) groups excluding carboxylic acids is 1. The van der Waals surface area contributed by atoms with Crippen LogP contribution in [0, 0.1) is 0 Å². The van der Waals surface area contributed by atoms with Gasteiger partial charge in [0.15, 0.2) is 5.82 Å². The van der Waals surface area contributed by atoms with Crippen molar-refractivity contribution in [1.82, 2.24) is 15.5 Å². The summed E-state index contributed by atoms with van der Waals surface area (Å²) in [5.41, 5.74) is 5.16. The van der Waals surface area contributed by atoms with E-state index >= 15 is 0 Å². The van der Waals surface area contributed by atoms with Crippen molar-refractivity contribution in [3.05, 3.63) is 11.7 Å². The summed E-state index contributed by atoms with van der Waals surface area (Å²) in [5.74, 6) is 1.43. The zero-order valence-electron chi connectivity index (χ0n) is 9.52.